The molecule has 0 aromatic carbocycles. The van der Waals surface area contributed by atoms with Crippen molar-refractivity contribution in [3.8, 4) is 0 Å². The molecule has 1 aliphatic carbocycles. The molecule has 6 nitrogen and oxygen atoms in total. The highest BCUT2D eigenvalue weighted by atomic mass is 16.2. The second kappa shape index (κ2) is 5.60. The molecule has 2 heterocycles. The molecule has 3 unspecified atom stereocenters. The molecule has 2 fully saturated rings. The smallest absolute Gasteiger partial charge is 0.273 e. The first-order valence-electron chi connectivity index (χ1n) is 7.62. The van der Waals surface area contributed by atoms with Crippen molar-refractivity contribution in [3.63, 3.8) is 0 Å². The van der Waals surface area contributed by atoms with E-state index in [0.717, 1.165) is 25.3 Å². The zero-order chi connectivity index (χ0) is 15.0. The van der Waals surface area contributed by atoms with Crippen LogP contribution >= 0.6 is 0 Å². The molecule has 3 atom stereocenters. The van der Waals surface area contributed by atoms with Crippen LogP contribution in [-0.2, 0) is 0 Å². The van der Waals surface area contributed by atoms with E-state index in [-0.39, 0.29) is 5.91 Å². The number of hydrogen-bond donors (Lipinski definition) is 1. The van der Waals surface area contributed by atoms with Crippen LogP contribution < -0.4 is 10.6 Å². The highest BCUT2D eigenvalue weighted by Gasteiger charge is 2.39. The van der Waals surface area contributed by atoms with Crippen molar-refractivity contribution < 1.29 is 4.79 Å². The van der Waals surface area contributed by atoms with E-state index in [1.807, 2.05) is 6.07 Å². The average molecular weight is 289 g/mol. The van der Waals surface area contributed by atoms with Gasteiger partial charge in [0.05, 0.1) is 0 Å². The quantitative estimate of drug-likeness (QED) is 0.869. The zero-order valence-corrected chi connectivity index (χ0v) is 12.7. The van der Waals surface area contributed by atoms with Gasteiger partial charge >= 0.3 is 0 Å². The maximum atomic E-state index is 11.8. The molecule has 1 saturated carbocycles. The summed E-state index contributed by atoms with van der Waals surface area (Å²) in [5, 5.41) is 8.30. The average Bonchev–Trinajstić information content (AvgIpc) is 2.92. The molecule has 2 N–H and O–H groups in total. The summed E-state index contributed by atoms with van der Waals surface area (Å²) in [6.45, 7) is 1.97. The molecule has 3 rings (SSSR count). The Balaban J connectivity index is 1.72. The molecule has 1 aromatic rings. The number of hydrogen-bond acceptors (Lipinski definition) is 5. The monoisotopic (exact) mass is 289 g/mol. The molecule has 1 amide bonds. The van der Waals surface area contributed by atoms with Crippen LogP contribution in [0.5, 0.6) is 0 Å². The molecule has 114 valence electrons. The summed E-state index contributed by atoms with van der Waals surface area (Å²) < 4.78 is 0. The first kappa shape index (κ1) is 14.3. The van der Waals surface area contributed by atoms with Crippen molar-refractivity contribution in [3.05, 3.63) is 17.8 Å². The molecular weight excluding hydrogens is 266 g/mol. The third-order valence-electron chi connectivity index (χ3n) is 4.75. The van der Waals surface area contributed by atoms with Gasteiger partial charge < -0.3 is 15.5 Å². The Morgan fingerprint density at radius 2 is 2.10 bits per heavy atom. The molecule has 21 heavy (non-hydrogen) atoms. The Morgan fingerprint density at radius 1 is 1.29 bits per heavy atom. The molecule has 6 heteroatoms. The summed E-state index contributed by atoms with van der Waals surface area (Å²) in [7, 11) is 3.43. The summed E-state index contributed by atoms with van der Waals surface area (Å²) >= 11 is 0. The van der Waals surface area contributed by atoms with E-state index in [0.29, 0.717) is 23.6 Å². The number of carbonyl (C=O) groups excluding carboxylic acids is 1. The van der Waals surface area contributed by atoms with Crippen molar-refractivity contribution in [1.29, 1.82) is 0 Å². The van der Waals surface area contributed by atoms with Gasteiger partial charge in [-0.1, -0.05) is 6.42 Å². The topological polar surface area (TPSA) is 75.4 Å². The van der Waals surface area contributed by atoms with E-state index < -0.39 is 0 Å². The Labute approximate surface area is 125 Å². The lowest BCUT2D eigenvalue weighted by atomic mass is 9.78. The molecule has 1 aromatic heterocycles. The van der Waals surface area contributed by atoms with E-state index in [9.17, 15) is 4.79 Å². The lowest BCUT2D eigenvalue weighted by Crippen LogP contribution is -2.38. The van der Waals surface area contributed by atoms with E-state index in [1.54, 1.807) is 20.2 Å². The summed E-state index contributed by atoms with van der Waals surface area (Å²) in [6, 6.07) is 3.97. The van der Waals surface area contributed by atoms with Gasteiger partial charge in [-0.15, -0.1) is 10.2 Å². The van der Waals surface area contributed by atoms with Crippen molar-refractivity contribution in [2.45, 2.75) is 25.3 Å². The SMILES string of the molecule is CN(C)C(=O)c1ccc(N2CC3CCCC(N)C3C2)nn1. The van der Waals surface area contributed by atoms with E-state index in [4.69, 9.17) is 5.73 Å². The second-order valence-electron chi connectivity index (χ2n) is 6.40. The summed E-state index contributed by atoms with van der Waals surface area (Å²) in [6.07, 6.45) is 3.63. The first-order chi connectivity index (χ1) is 10.1. The zero-order valence-electron chi connectivity index (χ0n) is 12.7. The van der Waals surface area contributed by atoms with Crippen LogP contribution in [0.2, 0.25) is 0 Å². The number of nitrogens with zero attached hydrogens (tertiary/aromatic N) is 4. The normalized spacial score (nSPS) is 28.3. The molecular formula is C15H23N5O. The van der Waals surface area contributed by atoms with Crippen molar-refractivity contribution >= 4 is 11.7 Å². The first-order valence-corrected chi connectivity index (χ1v) is 7.62. The van der Waals surface area contributed by atoms with Gasteiger partial charge in [0.25, 0.3) is 5.91 Å². The van der Waals surface area contributed by atoms with E-state index in [2.05, 4.69) is 15.1 Å². The van der Waals surface area contributed by atoms with Crippen LogP contribution in [0, 0.1) is 11.8 Å². The molecule has 0 radical (unpaired) electrons. The maximum Gasteiger partial charge on any atom is 0.273 e. The number of amides is 1. The minimum Gasteiger partial charge on any atom is -0.354 e. The van der Waals surface area contributed by atoms with Crippen LogP contribution in [0.3, 0.4) is 0 Å². The fourth-order valence-corrected chi connectivity index (χ4v) is 3.54. The molecule has 2 aliphatic rings. The lowest BCUT2D eigenvalue weighted by molar-refractivity contribution is 0.0821. The molecule has 0 spiro atoms. The number of aromatic nitrogens is 2. The fraction of sp³-hybridized carbons (Fsp3) is 0.667. The number of fused-ring (bicyclic) bond motifs is 1. The summed E-state index contributed by atoms with van der Waals surface area (Å²) in [4.78, 5) is 15.6. The Morgan fingerprint density at radius 3 is 2.71 bits per heavy atom. The highest BCUT2D eigenvalue weighted by Crippen LogP contribution is 2.36. The Hall–Kier alpha value is -1.69. The van der Waals surface area contributed by atoms with Gasteiger partial charge in [0.1, 0.15) is 0 Å². The van der Waals surface area contributed by atoms with Gasteiger partial charge in [0.2, 0.25) is 0 Å². The maximum absolute atomic E-state index is 11.8. The van der Waals surface area contributed by atoms with Gasteiger partial charge in [-0.05, 0) is 36.8 Å². The van der Waals surface area contributed by atoms with Crippen LogP contribution in [0.4, 0.5) is 5.82 Å². The van der Waals surface area contributed by atoms with Crippen molar-refractivity contribution in [2.24, 2.45) is 17.6 Å². The van der Waals surface area contributed by atoms with Crippen molar-refractivity contribution in [1.82, 2.24) is 15.1 Å². The Kier molecular flexibility index (Phi) is 3.80. The van der Waals surface area contributed by atoms with Crippen LogP contribution in [-0.4, -0.2) is 54.2 Å². The minimum atomic E-state index is -0.119. The fourth-order valence-electron chi connectivity index (χ4n) is 3.54. The molecule has 1 aliphatic heterocycles. The standard InChI is InChI=1S/C15H23N5O/c1-19(2)15(21)13-6-7-14(18-17-13)20-8-10-4-3-5-12(16)11(10)9-20/h6-7,10-12H,3-5,8-9,16H2,1-2H3. The van der Waals surface area contributed by atoms with Crippen LogP contribution in [0.25, 0.3) is 0 Å². The van der Waals surface area contributed by atoms with E-state index in [1.165, 1.54) is 17.7 Å². The third-order valence-corrected chi connectivity index (χ3v) is 4.75. The number of rotatable bonds is 2. The van der Waals surface area contributed by atoms with E-state index >= 15 is 0 Å². The van der Waals surface area contributed by atoms with Gasteiger partial charge in [-0.3, -0.25) is 4.79 Å². The van der Waals surface area contributed by atoms with Crippen LogP contribution in [0.1, 0.15) is 29.8 Å². The third kappa shape index (κ3) is 2.72. The van der Waals surface area contributed by atoms with Gasteiger partial charge in [-0.2, -0.15) is 0 Å². The summed E-state index contributed by atoms with van der Waals surface area (Å²) in [5.41, 5.74) is 6.63. The predicted octanol–water partition coefficient (Wildman–Crippen LogP) is 0.742. The summed E-state index contributed by atoms with van der Waals surface area (Å²) in [5.74, 6) is 1.99. The molecule has 1 saturated heterocycles. The number of nitrogens with two attached hydrogens (primary N) is 1. The predicted molar refractivity (Wildman–Crippen MR) is 81.1 cm³/mol. The van der Waals surface area contributed by atoms with Gasteiger partial charge in [-0.25, -0.2) is 0 Å². The highest BCUT2D eigenvalue weighted by molar-refractivity contribution is 5.91. The number of anilines is 1. The Bertz CT molecular complexity index is 515. The number of carbonyl (C=O) groups is 1. The lowest BCUT2D eigenvalue weighted by Gasteiger charge is -2.29. The van der Waals surface area contributed by atoms with Gasteiger partial charge in [0, 0.05) is 33.2 Å². The molecule has 0 bridgehead atoms. The van der Waals surface area contributed by atoms with Gasteiger partial charge in [0.15, 0.2) is 11.5 Å². The van der Waals surface area contributed by atoms with Crippen molar-refractivity contribution in [2.75, 3.05) is 32.1 Å². The van der Waals surface area contributed by atoms with Crippen LogP contribution in [0.15, 0.2) is 12.1 Å². The largest absolute Gasteiger partial charge is 0.354 e. The minimum absolute atomic E-state index is 0.119. The second-order valence-corrected chi connectivity index (χ2v) is 6.40.